The summed E-state index contributed by atoms with van der Waals surface area (Å²) in [6.45, 7) is 3.73. The highest BCUT2D eigenvalue weighted by molar-refractivity contribution is 6.31. The molecule has 2 aliphatic rings. The van der Waals surface area contributed by atoms with Gasteiger partial charge in [0.05, 0.1) is 0 Å². The molecular weight excluding hydrogens is 324 g/mol. The Morgan fingerprint density at radius 2 is 1.71 bits per heavy atom. The number of hydrogen-bond acceptors (Lipinski definition) is 2. The Morgan fingerprint density at radius 1 is 1.08 bits per heavy atom. The molecule has 4 nitrogen and oxygen atoms in total. The summed E-state index contributed by atoms with van der Waals surface area (Å²) < 4.78 is 0. The number of anilines is 1. The predicted octanol–water partition coefficient (Wildman–Crippen LogP) is 4.02. The summed E-state index contributed by atoms with van der Waals surface area (Å²) in [4.78, 5) is 27.0. The van der Waals surface area contributed by atoms with Gasteiger partial charge in [-0.15, -0.1) is 0 Å². The van der Waals surface area contributed by atoms with Gasteiger partial charge in [-0.25, -0.2) is 0 Å². The lowest BCUT2D eigenvalue weighted by molar-refractivity contribution is -0.136. The lowest BCUT2D eigenvalue weighted by Gasteiger charge is -2.30. The van der Waals surface area contributed by atoms with Gasteiger partial charge in [0.2, 0.25) is 11.8 Å². The normalized spacial score (nSPS) is 24.0. The first-order chi connectivity index (χ1) is 11.6. The van der Waals surface area contributed by atoms with Crippen LogP contribution in [0.2, 0.25) is 5.02 Å². The largest absolute Gasteiger partial charge is 0.342 e. The molecule has 2 amide bonds. The molecule has 0 radical (unpaired) electrons. The molecule has 1 aliphatic carbocycles. The van der Waals surface area contributed by atoms with Crippen LogP contribution in [0, 0.1) is 18.8 Å². The second-order valence-corrected chi connectivity index (χ2v) is 7.39. The number of likely N-dealkylation sites (tertiary alicyclic amines) is 1. The topological polar surface area (TPSA) is 49.4 Å². The van der Waals surface area contributed by atoms with Crippen LogP contribution in [0.4, 0.5) is 5.69 Å². The minimum absolute atomic E-state index is 0.00832. The molecular formula is C19H25ClN2O2. The Morgan fingerprint density at radius 3 is 2.38 bits per heavy atom. The lowest BCUT2D eigenvalue weighted by Crippen LogP contribution is -2.37. The van der Waals surface area contributed by atoms with Crippen molar-refractivity contribution in [2.45, 2.75) is 45.4 Å². The number of nitrogens with zero attached hydrogens (tertiary/aromatic N) is 1. The number of carbonyl (C=O) groups excluding carboxylic acids is 2. The van der Waals surface area contributed by atoms with Gasteiger partial charge in [0, 0.05) is 35.6 Å². The number of carbonyl (C=O) groups is 2. The zero-order chi connectivity index (χ0) is 17.1. The maximum Gasteiger partial charge on any atom is 0.227 e. The van der Waals surface area contributed by atoms with Gasteiger partial charge >= 0.3 is 0 Å². The van der Waals surface area contributed by atoms with Crippen molar-refractivity contribution in [3.8, 4) is 0 Å². The van der Waals surface area contributed by atoms with Crippen molar-refractivity contribution < 1.29 is 9.59 Å². The fourth-order valence-electron chi connectivity index (χ4n) is 3.78. The molecule has 3 rings (SSSR count). The fourth-order valence-corrected chi connectivity index (χ4v) is 3.95. The van der Waals surface area contributed by atoms with E-state index in [9.17, 15) is 9.59 Å². The molecule has 1 aromatic carbocycles. The van der Waals surface area contributed by atoms with E-state index in [0.29, 0.717) is 10.9 Å². The third kappa shape index (κ3) is 3.75. The summed E-state index contributed by atoms with van der Waals surface area (Å²) in [5.41, 5.74) is 1.67. The Bertz CT molecular complexity index is 618. The van der Waals surface area contributed by atoms with Crippen molar-refractivity contribution in [2.24, 2.45) is 11.8 Å². The Balaban J connectivity index is 1.53. The van der Waals surface area contributed by atoms with E-state index in [0.717, 1.165) is 62.9 Å². The Hall–Kier alpha value is -1.55. The van der Waals surface area contributed by atoms with Crippen LogP contribution in [-0.4, -0.2) is 29.8 Å². The minimum atomic E-state index is -0.00832. The SMILES string of the molecule is Cc1c(Cl)cccc1NC(=O)C1CCC(C(=O)N2CCCC2)CC1. The summed E-state index contributed by atoms with van der Waals surface area (Å²) in [6.07, 6.45) is 5.47. The van der Waals surface area contributed by atoms with Crippen molar-refractivity contribution in [1.82, 2.24) is 4.90 Å². The van der Waals surface area contributed by atoms with E-state index in [1.807, 2.05) is 30.0 Å². The molecule has 1 aromatic rings. The second kappa shape index (κ2) is 7.56. The molecule has 130 valence electrons. The van der Waals surface area contributed by atoms with Gasteiger partial charge in [-0.3, -0.25) is 9.59 Å². The fraction of sp³-hybridized carbons (Fsp3) is 0.579. The summed E-state index contributed by atoms with van der Waals surface area (Å²) in [7, 11) is 0. The molecule has 1 N–H and O–H groups in total. The molecule has 24 heavy (non-hydrogen) atoms. The number of rotatable bonds is 3. The van der Waals surface area contributed by atoms with Gasteiger partial charge in [0.25, 0.3) is 0 Å². The minimum Gasteiger partial charge on any atom is -0.342 e. The zero-order valence-corrected chi connectivity index (χ0v) is 14.9. The third-order valence-electron chi connectivity index (χ3n) is 5.39. The van der Waals surface area contributed by atoms with Crippen molar-refractivity contribution >= 4 is 29.1 Å². The molecule has 0 atom stereocenters. The van der Waals surface area contributed by atoms with Crippen LogP contribution in [0.1, 0.15) is 44.1 Å². The number of amides is 2. The Labute approximate surface area is 148 Å². The van der Waals surface area contributed by atoms with Crippen LogP contribution in [0.5, 0.6) is 0 Å². The van der Waals surface area contributed by atoms with Crippen molar-refractivity contribution in [3.63, 3.8) is 0 Å². The molecule has 1 saturated heterocycles. The average molecular weight is 349 g/mol. The van der Waals surface area contributed by atoms with E-state index in [2.05, 4.69) is 5.32 Å². The third-order valence-corrected chi connectivity index (χ3v) is 5.80. The quantitative estimate of drug-likeness (QED) is 0.897. The standard InChI is InChI=1S/C19H25ClN2O2/c1-13-16(20)5-4-6-17(13)21-18(23)14-7-9-15(10-8-14)19(24)22-11-2-3-12-22/h4-6,14-15H,2-3,7-12H2,1H3,(H,21,23). The lowest BCUT2D eigenvalue weighted by atomic mass is 9.81. The van der Waals surface area contributed by atoms with Gasteiger partial charge < -0.3 is 10.2 Å². The number of nitrogens with one attached hydrogen (secondary N) is 1. The number of benzene rings is 1. The van der Waals surface area contributed by atoms with E-state index in [1.54, 1.807) is 0 Å². The first-order valence-electron chi connectivity index (χ1n) is 8.91. The van der Waals surface area contributed by atoms with E-state index < -0.39 is 0 Å². The first-order valence-corrected chi connectivity index (χ1v) is 9.29. The molecule has 5 heteroatoms. The number of hydrogen-bond donors (Lipinski definition) is 1. The van der Waals surface area contributed by atoms with Gasteiger partial charge in [0.1, 0.15) is 0 Å². The van der Waals surface area contributed by atoms with E-state index in [-0.39, 0.29) is 17.7 Å². The average Bonchev–Trinajstić information content (AvgIpc) is 3.13. The molecule has 0 aromatic heterocycles. The number of halogens is 1. The Kier molecular flexibility index (Phi) is 5.44. The highest BCUT2D eigenvalue weighted by atomic mass is 35.5. The van der Waals surface area contributed by atoms with Crippen LogP contribution in [-0.2, 0) is 9.59 Å². The molecule has 0 spiro atoms. The maximum atomic E-state index is 12.5. The summed E-state index contributed by atoms with van der Waals surface area (Å²) in [5, 5.41) is 3.66. The van der Waals surface area contributed by atoms with Crippen molar-refractivity contribution in [3.05, 3.63) is 28.8 Å². The van der Waals surface area contributed by atoms with Crippen molar-refractivity contribution in [1.29, 1.82) is 0 Å². The molecule has 0 unspecified atom stereocenters. The van der Waals surface area contributed by atoms with Crippen molar-refractivity contribution in [2.75, 3.05) is 18.4 Å². The molecule has 0 bridgehead atoms. The monoisotopic (exact) mass is 348 g/mol. The summed E-state index contributed by atoms with van der Waals surface area (Å²) in [5.74, 6) is 0.454. The smallest absolute Gasteiger partial charge is 0.227 e. The van der Waals surface area contributed by atoms with E-state index >= 15 is 0 Å². The van der Waals surface area contributed by atoms with E-state index in [1.165, 1.54) is 0 Å². The predicted molar refractivity (Wildman–Crippen MR) is 96.1 cm³/mol. The maximum absolute atomic E-state index is 12.5. The van der Waals surface area contributed by atoms with Crippen LogP contribution in [0.3, 0.4) is 0 Å². The second-order valence-electron chi connectivity index (χ2n) is 6.98. The van der Waals surface area contributed by atoms with Crippen LogP contribution < -0.4 is 5.32 Å². The zero-order valence-electron chi connectivity index (χ0n) is 14.2. The van der Waals surface area contributed by atoms with Gasteiger partial charge in [-0.1, -0.05) is 17.7 Å². The summed E-state index contributed by atoms with van der Waals surface area (Å²) in [6, 6.07) is 5.54. The van der Waals surface area contributed by atoms with Crippen LogP contribution in [0.15, 0.2) is 18.2 Å². The molecule has 1 saturated carbocycles. The molecule has 1 aliphatic heterocycles. The molecule has 2 fully saturated rings. The van der Waals surface area contributed by atoms with Gasteiger partial charge in [0.15, 0.2) is 0 Å². The van der Waals surface area contributed by atoms with Gasteiger partial charge in [-0.05, 0) is 63.1 Å². The highest BCUT2D eigenvalue weighted by Gasteiger charge is 2.33. The van der Waals surface area contributed by atoms with Crippen LogP contribution >= 0.6 is 11.6 Å². The highest BCUT2D eigenvalue weighted by Crippen LogP contribution is 2.32. The first kappa shape index (κ1) is 17.3. The van der Waals surface area contributed by atoms with E-state index in [4.69, 9.17) is 11.6 Å². The summed E-state index contributed by atoms with van der Waals surface area (Å²) >= 11 is 6.11. The molecule has 1 heterocycles. The van der Waals surface area contributed by atoms with Gasteiger partial charge in [-0.2, -0.15) is 0 Å². The van der Waals surface area contributed by atoms with Crippen LogP contribution in [0.25, 0.3) is 0 Å².